The fourth-order valence-corrected chi connectivity index (χ4v) is 5.47. The van der Waals surface area contributed by atoms with E-state index < -0.39 is 10.0 Å². The number of ether oxygens (including phenoxy) is 2. The van der Waals surface area contributed by atoms with Crippen molar-refractivity contribution >= 4 is 10.0 Å². The minimum atomic E-state index is -3.54. The Bertz CT molecular complexity index is 634. The molecule has 0 N–H and O–H groups in total. The molecule has 0 spiro atoms. The number of benzene rings is 1. The van der Waals surface area contributed by atoms with E-state index in [1.165, 1.54) is 0 Å². The maximum Gasteiger partial charge on any atom is 0.243 e. The summed E-state index contributed by atoms with van der Waals surface area (Å²) in [6.07, 6.45) is 3.75. The SMILES string of the molecule is CCCOCC1CCCCN1S(=O)(=O)c1c(C)cc(OC)cc1C. The van der Waals surface area contributed by atoms with Gasteiger partial charge in [-0.05, 0) is 56.4 Å². The summed E-state index contributed by atoms with van der Waals surface area (Å²) in [5.74, 6) is 0.686. The molecular weight excluding hydrogens is 326 g/mol. The van der Waals surface area contributed by atoms with E-state index in [0.717, 1.165) is 36.8 Å². The third kappa shape index (κ3) is 4.10. The van der Waals surface area contributed by atoms with E-state index >= 15 is 0 Å². The number of rotatable bonds is 7. The standard InChI is InChI=1S/C18H29NO4S/c1-5-10-23-13-16-8-6-7-9-19(16)24(20,21)18-14(2)11-17(22-4)12-15(18)3/h11-12,16H,5-10,13H2,1-4H3. The normalized spacial score (nSPS) is 19.4. The van der Waals surface area contributed by atoms with Crippen molar-refractivity contribution in [3.05, 3.63) is 23.3 Å². The fraction of sp³-hybridized carbons (Fsp3) is 0.667. The number of methoxy groups -OCH3 is 1. The Labute approximate surface area is 146 Å². The first-order valence-electron chi connectivity index (χ1n) is 8.66. The highest BCUT2D eigenvalue weighted by Gasteiger charge is 2.35. The zero-order valence-corrected chi connectivity index (χ0v) is 16.0. The van der Waals surface area contributed by atoms with Crippen LogP contribution >= 0.6 is 0 Å². The third-order valence-corrected chi connectivity index (χ3v) is 6.73. The summed E-state index contributed by atoms with van der Waals surface area (Å²) >= 11 is 0. The van der Waals surface area contributed by atoms with E-state index in [4.69, 9.17) is 9.47 Å². The van der Waals surface area contributed by atoms with Crippen LogP contribution in [0.1, 0.15) is 43.7 Å². The zero-order chi connectivity index (χ0) is 17.7. The average Bonchev–Trinajstić information content (AvgIpc) is 2.54. The maximum atomic E-state index is 13.3. The lowest BCUT2D eigenvalue weighted by Crippen LogP contribution is -2.46. The van der Waals surface area contributed by atoms with Crippen LogP contribution in [-0.2, 0) is 14.8 Å². The molecule has 1 heterocycles. The molecule has 1 aliphatic rings. The molecular formula is C18H29NO4S. The number of piperidine rings is 1. The highest BCUT2D eigenvalue weighted by Crippen LogP contribution is 2.31. The van der Waals surface area contributed by atoms with Crippen molar-refractivity contribution < 1.29 is 17.9 Å². The van der Waals surface area contributed by atoms with Crippen LogP contribution in [-0.4, -0.2) is 45.6 Å². The number of nitrogens with zero attached hydrogens (tertiary/aromatic N) is 1. The van der Waals surface area contributed by atoms with Crippen molar-refractivity contribution in [1.29, 1.82) is 0 Å². The van der Waals surface area contributed by atoms with Crippen molar-refractivity contribution in [1.82, 2.24) is 4.31 Å². The topological polar surface area (TPSA) is 55.8 Å². The second-order valence-electron chi connectivity index (χ2n) is 6.43. The lowest BCUT2D eigenvalue weighted by Gasteiger charge is -2.35. The van der Waals surface area contributed by atoms with Crippen molar-refractivity contribution in [2.75, 3.05) is 26.9 Å². The first-order chi connectivity index (χ1) is 11.4. The van der Waals surface area contributed by atoms with Gasteiger partial charge in [-0.15, -0.1) is 0 Å². The minimum absolute atomic E-state index is 0.0730. The van der Waals surface area contributed by atoms with Gasteiger partial charge in [-0.2, -0.15) is 4.31 Å². The van der Waals surface area contributed by atoms with Gasteiger partial charge in [0, 0.05) is 19.2 Å². The van der Waals surface area contributed by atoms with Gasteiger partial charge in [0.1, 0.15) is 5.75 Å². The summed E-state index contributed by atoms with van der Waals surface area (Å²) < 4.78 is 39.2. The van der Waals surface area contributed by atoms with Crippen molar-refractivity contribution in [3.8, 4) is 5.75 Å². The molecule has 1 aromatic rings. The van der Waals surface area contributed by atoms with E-state index in [9.17, 15) is 8.42 Å². The lowest BCUT2D eigenvalue weighted by atomic mass is 10.1. The first kappa shape index (κ1) is 19.2. The van der Waals surface area contributed by atoms with Gasteiger partial charge in [-0.1, -0.05) is 13.3 Å². The van der Waals surface area contributed by atoms with Gasteiger partial charge in [0.15, 0.2) is 0 Å². The molecule has 1 aromatic carbocycles. The van der Waals surface area contributed by atoms with Crippen LogP contribution in [0.15, 0.2) is 17.0 Å². The molecule has 6 heteroatoms. The van der Waals surface area contributed by atoms with Crippen molar-refractivity contribution in [2.24, 2.45) is 0 Å². The molecule has 0 aliphatic carbocycles. The molecule has 0 amide bonds. The molecule has 136 valence electrons. The molecule has 0 radical (unpaired) electrons. The summed E-state index contributed by atoms with van der Waals surface area (Å²) in [5, 5.41) is 0. The number of hydrogen-bond donors (Lipinski definition) is 0. The monoisotopic (exact) mass is 355 g/mol. The van der Waals surface area contributed by atoms with E-state index in [1.54, 1.807) is 23.5 Å². The van der Waals surface area contributed by atoms with Crippen LogP contribution in [0, 0.1) is 13.8 Å². The molecule has 2 rings (SSSR count). The van der Waals surface area contributed by atoms with Gasteiger partial charge < -0.3 is 9.47 Å². The Balaban J connectivity index is 2.33. The highest BCUT2D eigenvalue weighted by atomic mass is 32.2. The van der Waals surface area contributed by atoms with Crippen LogP contribution in [0.2, 0.25) is 0 Å². The van der Waals surface area contributed by atoms with Gasteiger partial charge in [-0.3, -0.25) is 0 Å². The molecule has 0 saturated carbocycles. The van der Waals surface area contributed by atoms with Gasteiger partial charge in [-0.25, -0.2) is 8.42 Å². The van der Waals surface area contributed by atoms with Gasteiger partial charge in [0.2, 0.25) is 10.0 Å². The molecule has 1 saturated heterocycles. The summed E-state index contributed by atoms with van der Waals surface area (Å²) in [7, 11) is -1.95. The maximum absolute atomic E-state index is 13.3. The second kappa shape index (κ2) is 8.32. The fourth-order valence-electron chi connectivity index (χ4n) is 3.37. The second-order valence-corrected chi connectivity index (χ2v) is 8.26. The molecule has 1 atom stereocenters. The smallest absolute Gasteiger partial charge is 0.243 e. The third-order valence-electron chi connectivity index (χ3n) is 4.47. The molecule has 5 nitrogen and oxygen atoms in total. The van der Waals surface area contributed by atoms with Gasteiger partial charge >= 0.3 is 0 Å². The molecule has 0 aromatic heterocycles. The summed E-state index contributed by atoms with van der Waals surface area (Å²) in [6, 6.07) is 3.50. The molecule has 1 unspecified atom stereocenters. The van der Waals surface area contributed by atoms with Gasteiger partial charge in [0.05, 0.1) is 18.6 Å². The molecule has 1 aliphatic heterocycles. The number of aryl methyl sites for hydroxylation is 2. The Kier molecular flexibility index (Phi) is 6.66. The molecule has 0 bridgehead atoms. The lowest BCUT2D eigenvalue weighted by molar-refractivity contribution is 0.0750. The Morgan fingerprint density at radius 2 is 1.88 bits per heavy atom. The minimum Gasteiger partial charge on any atom is -0.497 e. The summed E-state index contributed by atoms with van der Waals surface area (Å²) in [5.41, 5.74) is 1.45. The van der Waals surface area contributed by atoms with Crippen LogP contribution < -0.4 is 4.74 Å². The molecule has 24 heavy (non-hydrogen) atoms. The van der Waals surface area contributed by atoms with E-state index in [0.29, 0.717) is 30.4 Å². The van der Waals surface area contributed by atoms with Crippen LogP contribution in [0.25, 0.3) is 0 Å². The van der Waals surface area contributed by atoms with Gasteiger partial charge in [0.25, 0.3) is 0 Å². The molecule has 1 fully saturated rings. The average molecular weight is 356 g/mol. The quantitative estimate of drug-likeness (QED) is 0.704. The van der Waals surface area contributed by atoms with Crippen LogP contribution in [0.3, 0.4) is 0 Å². The van der Waals surface area contributed by atoms with Crippen LogP contribution in [0.4, 0.5) is 0 Å². The largest absolute Gasteiger partial charge is 0.497 e. The van der Waals surface area contributed by atoms with Crippen molar-refractivity contribution in [2.45, 2.75) is 57.4 Å². The van der Waals surface area contributed by atoms with Crippen molar-refractivity contribution in [3.63, 3.8) is 0 Å². The Hall–Kier alpha value is -1.11. The summed E-state index contributed by atoms with van der Waals surface area (Å²) in [4.78, 5) is 0.408. The Morgan fingerprint density at radius 3 is 2.46 bits per heavy atom. The first-order valence-corrected chi connectivity index (χ1v) is 10.1. The van der Waals surface area contributed by atoms with Crippen LogP contribution in [0.5, 0.6) is 5.75 Å². The number of sulfonamides is 1. The van der Waals surface area contributed by atoms with E-state index in [1.807, 2.05) is 13.8 Å². The predicted molar refractivity (Wildman–Crippen MR) is 95.1 cm³/mol. The van der Waals surface area contributed by atoms with E-state index in [2.05, 4.69) is 6.92 Å². The summed E-state index contributed by atoms with van der Waals surface area (Å²) in [6.45, 7) is 7.42. The predicted octanol–water partition coefficient (Wildman–Crippen LogP) is 3.28. The zero-order valence-electron chi connectivity index (χ0n) is 15.2. The Morgan fingerprint density at radius 1 is 1.21 bits per heavy atom. The van der Waals surface area contributed by atoms with E-state index in [-0.39, 0.29) is 6.04 Å². The number of hydrogen-bond acceptors (Lipinski definition) is 4. The highest BCUT2D eigenvalue weighted by molar-refractivity contribution is 7.89.